The number of nitrogens with zero attached hydrogens (tertiary/aromatic N) is 4. The Bertz CT molecular complexity index is 463. The number of anilines is 1. The van der Waals surface area contributed by atoms with Gasteiger partial charge in [-0.1, -0.05) is 18.2 Å². The van der Waals surface area contributed by atoms with Crippen LogP contribution in [0.25, 0.3) is 0 Å². The van der Waals surface area contributed by atoms with E-state index < -0.39 is 5.38 Å². The van der Waals surface area contributed by atoms with Gasteiger partial charge in [-0.05, 0) is 19.1 Å². The number of rotatable bonds is 4. The molecule has 0 spiro atoms. The van der Waals surface area contributed by atoms with Gasteiger partial charge in [-0.3, -0.25) is 14.7 Å². The van der Waals surface area contributed by atoms with Gasteiger partial charge in [0.25, 0.3) is 0 Å². The number of benzene rings is 1. The minimum Gasteiger partial charge on any atom is -0.345 e. The topological polar surface area (TPSA) is 39.2 Å². The van der Waals surface area contributed by atoms with E-state index in [1.807, 2.05) is 47.3 Å². The van der Waals surface area contributed by atoms with E-state index in [0.717, 1.165) is 5.69 Å². The van der Waals surface area contributed by atoms with Crippen LogP contribution in [0.15, 0.2) is 35.4 Å². The molecule has 6 heteroatoms. The summed E-state index contributed by atoms with van der Waals surface area (Å²) in [6, 6.07) is 9.49. The number of carbonyl (C=O) groups excluding carboxylic acids is 1. The molecule has 19 heavy (non-hydrogen) atoms. The molecule has 1 atom stereocenters. The highest BCUT2D eigenvalue weighted by atomic mass is 35.5. The number of hydrogen-bond acceptors (Lipinski definition) is 4. The first-order valence-corrected chi connectivity index (χ1v) is 6.51. The van der Waals surface area contributed by atoms with Crippen molar-refractivity contribution in [2.24, 2.45) is 5.10 Å². The number of halogens is 1. The first-order chi connectivity index (χ1) is 9.08. The van der Waals surface area contributed by atoms with E-state index >= 15 is 0 Å². The lowest BCUT2D eigenvalue weighted by molar-refractivity contribution is -0.118. The van der Waals surface area contributed by atoms with Crippen molar-refractivity contribution < 1.29 is 4.79 Å². The molecule has 1 amide bonds. The summed E-state index contributed by atoms with van der Waals surface area (Å²) in [6.07, 6.45) is 1.73. The first kappa shape index (κ1) is 13.7. The molecule has 0 radical (unpaired) electrons. The number of hydrogen-bond donors (Lipinski definition) is 0. The summed E-state index contributed by atoms with van der Waals surface area (Å²) >= 11 is 5.93. The zero-order valence-electron chi connectivity index (χ0n) is 11.0. The number of amides is 1. The van der Waals surface area contributed by atoms with Crippen LogP contribution in [0.2, 0.25) is 0 Å². The molecule has 0 bridgehead atoms. The Balaban J connectivity index is 2.16. The van der Waals surface area contributed by atoms with Gasteiger partial charge in [-0.2, -0.15) is 5.10 Å². The molecule has 1 aliphatic heterocycles. The summed E-state index contributed by atoms with van der Waals surface area (Å²) < 4.78 is 0. The van der Waals surface area contributed by atoms with Crippen molar-refractivity contribution in [1.29, 1.82) is 0 Å². The van der Waals surface area contributed by atoms with Crippen LogP contribution >= 0.6 is 11.6 Å². The van der Waals surface area contributed by atoms with Gasteiger partial charge in [0, 0.05) is 12.7 Å². The van der Waals surface area contributed by atoms with Gasteiger partial charge in [0.1, 0.15) is 25.1 Å². The van der Waals surface area contributed by atoms with Crippen molar-refractivity contribution in [2.45, 2.75) is 12.3 Å². The second kappa shape index (κ2) is 5.93. The molecule has 0 saturated heterocycles. The third-order valence-electron chi connectivity index (χ3n) is 2.78. The highest BCUT2D eigenvalue weighted by molar-refractivity contribution is 6.32. The van der Waals surface area contributed by atoms with Crippen LogP contribution in [0, 0.1) is 0 Å². The Kier molecular flexibility index (Phi) is 4.27. The maximum absolute atomic E-state index is 12.2. The van der Waals surface area contributed by atoms with Crippen molar-refractivity contribution >= 4 is 29.5 Å². The minimum absolute atomic E-state index is 0.127. The van der Waals surface area contributed by atoms with Crippen LogP contribution in [0.4, 0.5) is 5.69 Å². The molecular formula is C13H17ClN4O. The molecule has 1 aliphatic rings. The normalized spacial score (nSPS) is 15.7. The van der Waals surface area contributed by atoms with Crippen LogP contribution < -0.4 is 4.90 Å². The van der Waals surface area contributed by atoms with Crippen molar-refractivity contribution in [2.75, 3.05) is 25.3 Å². The van der Waals surface area contributed by atoms with Gasteiger partial charge in [0.05, 0.1) is 0 Å². The van der Waals surface area contributed by atoms with Gasteiger partial charge < -0.3 is 4.90 Å². The highest BCUT2D eigenvalue weighted by Crippen LogP contribution is 2.17. The molecule has 0 fully saturated rings. The largest absolute Gasteiger partial charge is 0.345 e. The molecule has 1 aromatic rings. The van der Waals surface area contributed by atoms with Crippen molar-refractivity contribution in [3.8, 4) is 0 Å². The van der Waals surface area contributed by atoms with Crippen molar-refractivity contribution in [3.63, 3.8) is 0 Å². The summed E-state index contributed by atoms with van der Waals surface area (Å²) in [4.78, 5) is 15.8. The van der Waals surface area contributed by atoms with Crippen molar-refractivity contribution in [3.05, 3.63) is 30.3 Å². The summed E-state index contributed by atoms with van der Waals surface area (Å²) in [5, 5.41) is 5.47. The van der Waals surface area contributed by atoms with E-state index in [0.29, 0.717) is 13.3 Å². The van der Waals surface area contributed by atoms with Gasteiger partial charge in [0.15, 0.2) is 0 Å². The van der Waals surface area contributed by atoms with Crippen LogP contribution in [0.1, 0.15) is 6.92 Å². The monoisotopic (exact) mass is 280 g/mol. The van der Waals surface area contributed by atoms with Crippen molar-refractivity contribution in [1.82, 2.24) is 9.91 Å². The Morgan fingerprint density at radius 3 is 2.68 bits per heavy atom. The molecule has 1 aromatic carbocycles. The van der Waals surface area contributed by atoms with E-state index in [4.69, 9.17) is 11.6 Å². The Morgan fingerprint density at radius 2 is 2.16 bits per heavy atom. The van der Waals surface area contributed by atoms with Gasteiger partial charge in [-0.15, -0.1) is 11.6 Å². The minimum atomic E-state index is -0.565. The predicted octanol–water partition coefficient (Wildman–Crippen LogP) is 1.75. The second-order valence-electron chi connectivity index (χ2n) is 4.50. The maximum atomic E-state index is 12.2. The van der Waals surface area contributed by atoms with E-state index in [2.05, 4.69) is 5.10 Å². The summed E-state index contributed by atoms with van der Waals surface area (Å²) in [6.45, 7) is 2.73. The maximum Gasteiger partial charge on any atom is 0.246 e. The third kappa shape index (κ3) is 3.38. The van der Waals surface area contributed by atoms with Gasteiger partial charge in [0.2, 0.25) is 5.91 Å². The fourth-order valence-electron chi connectivity index (χ4n) is 1.84. The Morgan fingerprint density at radius 1 is 1.47 bits per heavy atom. The molecule has 102 valence electrons. The number of carbonyl (C=O) groups is 1. The fraction of sp³-hybridized carbons (Fsp3) is 0.385. The molecule has 1 unspecified atom stereocenters. The molecule has 0 N–H and O–H groups in total. The number of para-hydroxylation sites is 1. The molecule has 0 aromatic heterocycles. The summed E-state index contributed by atoms with van der Waals surface area (Å²) in [5.41, 5.74) is 0.824. The highest BCUT2D eigenvalue weighted by Gasteiger charge is 2.23. The average molecular weight is 281 g/mol. The predicted molar refractivity (Wildman–Crippen MR) is 77.1 cm³/mol. The zero-order chi connectivity index (χ0) is 13.8. The van der Waals surface area contributed by atoms with Crippen LogP contribution in [-0.4, -0.2) is 47.9 Å². The standard InChI is InChI=1S/C13H17ClN4O/c1-11(14)13(19)18(12-6-4-3-5-7-12)10-17-9-16(2)8-15-17/h3-8,11H,9-10H2,1-2H3. The van der Waals surface area contributed by atoms with Gasteiger partial charge in [-0.25, -0.2) is 0 Å². The first-order valence-electron chi connectivity index (χ1n) is 6.07. The SMILES string of the molecule is CC(Cl)C(=O)N(CN1CN(C)C=N1)c1ccccc1. The molecule has 1 heterocycles. The van der Waals surface area contributed by atoms with E-state index in [-0.39, 0.29) is 5.91 Å². The molecule has 0 aliphatic carbocycles. The smallest absolute Gasteiger partial charge is 0.246 e. The van der Waals surface area contributed by atoms with E-state index in [1.165, 1.54) is 0 Å². The lowest BCUT2D eigenvalue weighted by Crippen LogP contribution is -2.43. The molecule has 2 rings (SSSR count). The second-order valence-corrected chi connectivity index (χ2v) is 5.15. The fourth-order valence-corrected chi connectivity index (χ4v) is 1.96. The number of alkyl halides is 1. The summed E-state index contributed by atoms with van der Waals surface area (Å²) in [7, 11) is 1.93. The molecular weight excluding hydrogens is 264 g/mol. The zero-order valence-corrected chi connectivity index (χ0v) is 11.8. The Labute approximate surface area is 118 Å². The average Bonchev–Trinajstić information content (AvgIpc) is 2.81. The Hall–Kier alpha value is -1.75. The lowest BCUT2D eigenvalue weighted by Gasteiger charge is -2.28. The van der Waals surface area contributed by atoms with Crippen LogP contribution in [-0.2, 0) is 4.79 Å². The lowest BCUT2D eigenvalue weighted by atomic mass is 10.2. The van der Waals surface area contributed by atoms with Crippen LogP contribution in [0.3, 0.4) is 0 Å². The van der Waals surface area contributed by atoms with Crippen LogP contribution in [0.5, 0.6) is 0 Å². The number of hydrazone groups is 1. The third-order valence-corrected chi connectivity index (χ3v) is 2.96. The molecule has 5 nitrogen and oxygen atoms in total. The quantitative estimate of drug-likeness (QED) is 0.789. The summed E-state index contributed by atoms with van der Waals surface area (Å²) in [5.74, 6) is -0.127. The molecule has 0 saturated carbocycles. The van der Waals surface area contributed by atoms with Gasteiger partial charge >= 0.3 is 0 Å². The van der Waals surface area contributed by atoms with E-state index in [9.17, 15) is 4.79 Å². The van der Waals surface area contributed by atoms with E-state index in [1.54, 1.807) is 18.2 Å².